The van der Waals surface area contributed by atoms with Crippen LogP contribution in [-0.2, 0) is 20.9 Å². The van der Waals surface area contributed by atoms with Crippen molar-refractivity contribution in [3.63, 3.8) is 0 Å². The molecule has 0 N–H and O–H groups in total. The minimum Gasteiger partial charge on any atom is -0.367 e. The molecule has 1 aliphatic heterocycles. The molecular weight excluding hydrogens is 515 g/mol. The van der Waals surface area contributed by atoms with Crippen molar-refractivity contribution >= 4 is 10.0 Å². The van der Waals surface area contributed by atoms with Gasteiger partial charge in [-0.25, -0.2) is 17.2 Å². The predicted molar refractivity (Wildman–Crippen MR) is 127 cm³/mol. The van der Waals surface area contributed by atoms with Crippen LogP contribution in [0, 0.1) is 11.6 Å². The highest BCUT2D eigenvalue weighted by Gasteiger charge is 2.32. The van der Waals surface area contributed by atoms with Gasteiger partial charge in [0.2, 0.25) is 10.0 Å². The summed E-state index contributed by atoms with van der Waals surface area (Å²) in [6.45, 7) is 1.41. The molecule has 1 unspecified atom stereocenters. The van der Waals surface area contributed by atoms with E-state index in [1.54, 1.807) is 36.4 Å². The number of nitrogens with zero attached hydrogens (tertiary/aromatic N) is 2. The van der Waals surface area contributed by atoms with Gasteiger partial charge in [-0.2, -0.15) is 17.5 Å². The summed E-state index contributed by atoms with van der Waals surface area (Å²) in [5.41, 5.74) is 0.311. The van der Waals surface area contributed by atoms with Crippen LogP contribution < -0.4 is 0 Å². The summed E-state index contributed by atoms with van der Waals surface area (Å²) in [7, 11) is -4.19. The summed E-state index contributed by atoms with van der Waals surface area (Å²) in [5, 5.41) is 0. The van der Waals surface area contributed by atoms with Crippen LogP contribution in [0.4, 0.5) is 22.0 Å². The molecule has 1 aliphatic rings. The maximum atomic E-state index is 14.0. The number of sulfonamides is 1. The summed E-state index contributed by atoms with van der Waals surface area (Å²) in [6, 6.07) is 16.2. The van der Waals surface area contributed by atoms with Gasteiger partial charge < -0.3 is 4.74 Å². The normalized spacial score (nSPS) is 16.6. The third-order valence-electron chi connectivity index (χ3n) is 6.15. The molecule has 198 valence electrons. The van der Waals surface area contributed by atoms with E-state index in [4.69, 9.17) is 4.74 Å². The van der Waals surface area contributed by atoms with Gasteiger partial charge in [-0.3, -0.25) is 4.90 Å². The van der Waals surface area contributed by atoms with E-state index in [-0.39, 0.29) is 19.7 Å². The van der Waals surface area contributed by atoms with Gasteiger partial charge in [-0.1, -0.05) is 42.5 Å². The van der Waals surface area contributed by atoms with Gasteiger partial charge in [-0.05, 0) is 41.5 Å². The molecule has 11 heteroatoms. The molecule has 37 heavy (non-hydrogen) atoms. The molecule has 0 bridgehead atoms. The Morgan fingerprint density at radius 3 is 2.19 bits per heavy atom. The van der Waals surface area contributed by atoms with Crippen molar-refractivity contribution in [2.24, 2.45) is 0 Å². The fourth-order valence-corrected chi connectivity index (χ4v) is 5.70. The van der Waals surface area contributed by atoms with Crippen LogP contribution in [0.25, 0.3) is 0 Å². The standard InChI is InChI=1S/C26H25F5N2O3S/c27-22-9-10-23(28)24(18-22)37(34,35)33-13-11-32(12-14-33)15-16-36-25(19-5-2-1-3-6-19)20-7-4-8-21(17-20)26(29,30)31/h1-10,17-18,25H,11-16H2. The van der Waals surface area contributed by atoms with Gasteiger partial charge in [0.15, 0.2) is 0 Å². The molecule has 3 aromatic rings. The molecule has 0 radical (unpaired) electrons. The largest absolute Gasteiger partial charge is 0.416 e. The van der Waals surface area contributed by atoms with E-state index in [0.29, 0.717) is 36.8 Å². The van der Waals surface area contributed by atoms with Crippen LogP contribution >= 0.6 is 0 Å². The Bertz CT molecular complexity index is 1310. The Labute approximate surface area is 212 Å². The average molecular weight is 541 g/mol. The summed E-state index contributed by atoms with van der Waals surface area (Å²) in [4.78, 5) is 1.25. The topological polar surface area (TPSA) is 49.9 Å². The number of halogens is 5. The first-order valence-corrected chi connectivity index (χ1v) is 13.0. The maximum Gasteiger partial charge on any atom is 0.416 e. The van der Waals surface area contributed by atoms with Crippen molar-refractivity contribution < 1.29 is 35.1 Å². The summed E-state index contributed by atoms with van der Waals surface area (Å²) < 4.78 is 100. The molecule has 1 fully saturated rings. The molecule has 0 saturated carbocycles. The fourth-order valence-electron chi connectivity index (χ4n) is 4.20. The van der Waals surface area contributed by atoms with E-state index >= 15 is 0 Å². The van der Waals surface area contributed by atoms with Gasteiger partial charge in [0, 0.05) is 32.7 Å². The Morgan fingerprint density at radius 2 is 1.51 bits per heavy atom. The number of alkyl halides is 3. The molecule has 0 aliphatic carbocycles. The number of rotatable bonds is 8. The second-order valence-corrected chi connectivity index (χ2v) is 10.5. The lowest BCUT2D eigenvalue weighted by atomic mass is 9.99. The molecule has 4 rings (SSSR count). The molecule has 3 aromatic carbocycles. The third kappa shape index (κ3) is 6.53. The van der Waals surface area contributed by atoms with Crippen LogP contribution in [0.1, 0.15) is 22.8 Å². The van der Waals surface area contributed by atoms with E-state index in [1.807, 2.05) is 4.90 Å². The predicted octanol–water partition coefficient (Wildman–Crippen LogP) is 5.10. The zero-order chi connectivity index (χ0) is 26.6. The minimum atomic E-state index is -4.48. The van der Waals surface area contributed by atoms with Crippen LogP contribution in [0.3, 0.4) is 0 Å². The number of hydrogen-bond acceptors (Lipinski definition) is 4. The van der Waals surface area contributed by atoms with Gasteiger partial charge in [0.05, 0.1) is 12.2 Å². The molecule has 5 nitrogen and oxygen atoms in total. The summed E-state index contributed by atoms with van der Waals surface area (Å²) in [6.07, 6.45) is -5.20. The Kier molecular flexibility index (Phi) is 8.27. The SMILES string of the molecule is O=S(=O)(c1cc(F)ccc1F)N1CCN(CCOC(c2ccccc2)c2cccc(C(F)(F)F)c2)CC1. The Hall–Kier alpha value is -2.86. The van der Waals surface area contributed by atoms with Gasteiger partial charge in [0.25, 0.3) is 0 Å². The second-order valence-electron chi connectivity index (χ2n) is 8.61. The summed E-state index contributed by atoms with van der Waals surface area (Å²) >= 11 is 0. The first kappa shape index (κ1) is 27.2. The Morgan fingerprint density at radius 1 is 0.838 bits per heavy atom. The van der Waals surface area contributed by atoms with Crippen molar-refractivity contribution in [2.75, 3.05) is 39.3 Å². The molecule has 0 aromatic heterocycles. The lowest BCUT2D eigenvalue weighted by Crippen LogP contribution is -2.49. The van der Waals surface area contributed by atoms with Crippen molar-refractivity contribution in [1.29, 1.82) is 0 Å². The number of benzene rings is 3. The van der Waals surface area contributed by atoms with Crippen LogP contribution in [0.15, 0.2) is 77.7 Å². The highest BCUT2D eigenvalue weighted by atomic mass is 32.2. The molecule has 1 atom stereocenters. The lowest BCUT2D eigenvalue weighted by Gasteiger charge is -2.34. The Balaban J connectivity index is 1.39. The molecule has 0 spiro atoms. The number of ether oxygens (including phenoxy) is 1. The van der Waals surface area contributed by atoms with Crippen molar-refractivity contribution in [1.82, 2.24) is 9.21 Å². The van der Waals surface area contributed by atoms with E-state index in [9.17, 15) is 30.4 Å². The fraction of sp³-hybridized carbons (Fsp3) is 0.308. The van der Waals surface area contributed by atoms with E-state index in [1.165, 1.54) is 6.07 Å². The number of hydrogen-bond donors (Lipinski definition) is 0. The van der Waals surface area contributed by atoms with Crippen LogP contribution in [-0.4, -0.2) is 57.0 Å². The van der Waals surface area contributed by atoms with E-state index < -0.39 is 44.4 Å². The van der Waals surface area contributed by atoms with E-state index in [0.717, 1.165) is 28.6 Å². The van der Waals surface area contributed by atoms with Gasteiger partial charge >= 0.3 is 6.18 Å². The highest BCUT2D eigenvalue weighted by molar-refractivity contribution is 7.89. The quantitative estimate of drug-likeness (QED) is 0.374. The average Bonchev–Trinajstić information content (AvgIpc) is 2.88. The molecule has 1 heterocycles. The second kappa shape index (κ2) is 11.3. The molecular formula is C26H25F5N2O3S. The zero-order valence-corrected chi connectivity index (χ0v) is 20.5. The van der Waals surface area contributed by atoms with Crippen LogP contribution in [0.2, 0.25) is 0 Å². The van der Waals surface area contributed by atoms with Crippen molar-refractivity contribution in [3.05, 3.63) is 101 Å². The van der Waals surface area contributed by atoms with Gasteiger partial charge in [0.1, 0.15) is 22.6 Å². The van der Waals surface area contributed by atoms with E-state index in [2.05, 4.69) is 0 Å². The zero-order valence-electron chi connectivity index (χ0n) is 19.7. The van der Waals surface area contributed by atoms with Crippen molar-refractivity contribution in [3.8, 4) is 0 Å². The number of piperazine rings is 1. The maximum absolute atomic E-state index is 14.0. The first-order chi connectivity index (χ1) is 17.6. The smallest absolute Gasteiger partial charge is 0.367 e. The lowest BCUT2D eigenvalue weighted by molar-refractivity contribution is -0.137. The molecule has 1 saturated heterocycles. The minimum absolute atomic E-state index is 0.0774. The van der Waals surface area contributed by atoms with Crippen LogP contribution in [0.5, 0.6) is 0 Å². The summed E-state index contributed by atoms with van der Waals surface area (Å²) in [5.74, 6) is -1.86. The first-order valence-electron chi connectivity index (χ1n) is 11.6. The third-order valence-corrected chi connectivity index (χ3v) is 8.07. The van der Waals surface area contributed by atoms with Crippen molar-refractivity contribution in [2.45, 2.75) is 17.2 Å². The molecule has 0 amide bonds. The monoisotopic (exact) mass is 540 g/mol. The highest BCUT2D eigenvalue weighted by Crippen LogP contribution is 2.33. The van der Waals surface area contributed by atoms with Gasteiger partial charge in [-0.15, -0.1) is 0 Å².